The number of hydrogen-bond acceptors (Lipinski definition) is 9. The topological polar surface area (TPSA) is 118 Å². The largest absolute Gasteiger partial charge is 0.421 e. The van der Waals surface area contributed by atoms with Gasteiger partial charge in [-0.1, -0.05) is 42.8 Å². The summed E-state index contributed by atoms with van der Waals surface area (Å²) in [6.07, 6.45) is 3.93. The third-order valence-corrected chi connectivity index (χ3v) is 6.32. The SMILES string of the molecule is CCC(Nc1ncnc(N)c1-c1nnc(C)o1)[C@@H]1N=c2cccc(Cl)c2=CN1c1ccccc1C. The van der Waals surface area contributed by atoms with Gasteiger partial charge in [0, 0.05) is 24.0 Å². The number of nitrogens with one attached hydrogen (secondary N) is 1. The first-order valence-corrected chi connectivity index (χ1v) is 11.7. The fourth-order valence-corrected chi connectivity index (χ4v) is 4.43. The van der Waals surface area contributed by atoms with E-state index in [0.29, 0.717) is 22.3 Å². The molecular weight excluding hydrogens is 464 g/mol. The number of rotatable bonds is 6. The van der Waals surface area contributed by atoms with Gasteiger partial charge in [0.05, 0.1) is 16.4 Å². The molecule has 3 heterocycles. The summed E-state index contributed by atoms with van der Waals surface area (Å²) < 4.78 is 5.64. The van der Waals surface area contributed by atoms with E-state index in [2.05, 4.69) is 62.6 Å². The lowest BCUT2D eigenvalue weighted by atomic mass is 10.1. The Kier molecular flexibility index (Phi) is 6.08. The first-order valence-electron chi connectivity index (χ1n) is 11.3. The third kappa shape index (κ3) is 4.30. The second-order valence-electron chi connectivity index (χ2n) is 8.31. The highest BCUT2D eigenvalue weighted by molar-refractivity contribution is 6.30. The van der Waals surface area contributed by atoms with Gasteiger partial charge in [0.1, 0.15) is 29.7 Å². The van der Waals surface area contributed by atoms with Crippen molar-refractivity contribution < 1.29 is 4.42 Å². The van der Waals surface area contributed by atoms with Crippen LogP contribution in [0.1, 0.15) is 24.8 Å². The van der Waals surface area contributed by atoms with E-state index in [1.807, 2.05) is 30.3 Å². The molecule has 9 nitrogen and oxygen atoms in total. The highest BCUT2D eigenvalue weighted by Crippen LogP contribution is 2.32. The smallest absolute Gasteiger partial charge is 0.255 e. The molecule has 2 atom stereocenters. The Bertz CT molecular complexity index is 1500. The summed E-state index contributed by atoms with van der Waals surface area (Å²) in [5.41, 5.74) is 8.84. The van der Waals surface area contributed by atoms with Gasteiger partial charge < -0.3 is 20.4 Å². The van der Waals surface area contributed by atoms with Gasteiger partial charge in [0.15, 0.2) is 0 Å². The number of nitrogens with zero attached hydrogens (tertiary/aromatic N) is 6. The quantitative estimate of drug-likeness (QED) is 0.423. The summed E-state index contributed by atoms with van der Waals surface area (Å²) in [6.45, 7) is 5.90. The molecule has 1 aliphatic heterocycles. The molecule has 0 bridgehead atoms. The molecule has 1 unspecified atom stereocenters. The zero-order valence-corrected chi connectivity index (χ0v) is 20.4. The van der Waals surface area contributed by atoms with Crippen LogP contribution in [0, 0.1) is 13.8 Å². The average molecular weight is 489 g/mol. The number of nitrogens with two attached hydrogens (primary N) is 1. The number of aryl methyl sites for hydroxylation is 2. The van der Waals surface area contributed by atoms with Gasteiger partial charge in [0.2, 0.25) is 5.89 Å². The zero-order valence-electron chi connectivity index (χ0n) is 19.6. The minimum Gasteiger partial charge on any atom is -0.421 e. The average Bonchev–Trinajstić information content (AvgIpc) is 3.28. The second kappa shape index (κ2) is 9.34. The van der Waals surface area contributed by atoms with Gasteiger partial charge in [-0.2, -0.15) is 0 Å². The van der Waals surface area contributed by atoms with Crippen molar-refractivity contribution in [3.8, 4) is 11.5 Å². The highest BCUT2D eigenvalue weighted by atomic mass is 35.5. The number of hydrogen-bond donors (Lipinski definition) is 2. The number of para-hydroxylation sites is 1. The number of benzene rings is 2. The third-order valence-electron chi connectivity index (χ3n) is 5.99. The Morgan fingerprint density at radius 2 is 1.94 bits per heavy atom. The van der Waals surface area contributed by atoms with Crippen LogP contribution in [-0.2, 0) is 0 Å². The van der Waals surface area contributed by atoms with Crippen molar-refractivity contribution in [2.24, 2.45) is 4.99 Å². The Morgan fingerprint density at radius 1 is 1.11 bits per heavy atom. The maximum absolute atomic E-state index is 6.55. The molecule has 1 aliphatic rings. The predicted molar refractivity (Wildman–Crippen MR) is 136 cm³/mol. The predicted octanol–water partition coefficient (Wildman–Crippen LogP) is 3.47. The number of halogens is 1. The first kappa shape index (κ1) is 22.8. The van der Waals surface area contributed by atoms with Crippen LogP contribution >= 0.6 is 11.6 Å². The van der Waals surface area contributed by atoms with Crippen LogP contribution in [0.5, 0.6) is 0 Å². The van der Waals surface area contributed by atoms with Gasteiger partial charge >= 0.3 is 0 Å². The number of fused-ring (bicyclic) bond motifs is 1. The monoisotopic (exact) mass is 488 g/mol. The van der Waals surface area contributed by atoms with Crippen LogP contribution < -0.4 is 26.5 Å². The van der Waals surface area contributed by atoms with E-state index in [-0.39, 0.29) is 23.9 Å². The van der Waals surface area contributed by atoms with Gasteiger partial charge in [-0.25, -0.2) is 9.97 Å². The van der Waals surface area contributed by atoms with Crippen LogP contribution in [-0.4, -0.2) is 32.4 Å². The van der Waals surface area contributed by atoms with Gasteiger partial charge in [-0.15, -0.1) is 10.2 Å². The lowest BCUT2D eigenvalue weighted by Crippen LogP contribution is -2.50. The highest BCUT2D eigenvalue weighted by Gasteiger charge is 2.30. The van der Waals surface area contributed by atoms with E-state index in [1.165, 1.54) is 6.33 Å². The molecule has 2 aromatic carbocycles. The Balaban J connectivity index is 1.62. The van der Waals surface area contributed by atoms with Crippen molar-refractivity contribution in [1.29, 1.82) is 0 Å². The summed E-state index contributed by atoms with van der Waals surface area (Å²) in [5, 5.41) is 14.0. The van der Waals surface area contributed by atoms with E-state index < -0.39 is 0 Å². The lowest BCUT2D eigenvalue weighted by molar-refractivity contribution is 0.529. The van der Waals surface area contributed by atoms with Crippen LogP contribution in [0.25, 0.3) is 17.7 Å². The molecule has 0 fully saturated rings. The van der Waals surface area contributed by atoms with Crippen molar-refractivity contribution in [3.63, 3.8) is 0 Å². The van der Waals surface area contributed by atoms with Crippen molar-refractivity contribution in [2.75, 3.05) is 16.0 Å². The summed E-state index contributed by atoms with van der Waals surface area (Å²) in [7, 11) is 0. The minimum absolute atomic E-state index is 0.157. The summed E-state index contributed by atoms with van der Waals surface area (Å²) in [6, 6.07) is 13.8. The fourth-order valence-electron chi connectivity index (χ4n) is 4.22. The standard InChI is InChI=1S/C25H25ClN8O/c1-4-18(30-23-21(22(27)28-13-29-23)25-33-32-15(3)35-25)24-31-19-10-7-9-17(26)16(19)12-34(24)20-11-6-5-8-14(20)2/h5-13,18,24H,4H2,1-3H3,(H3,27,28,29,30)/t18?,24-/m1/s1. The Labute approximate surface area is 207 Å². The maximum Gasteiger partial charge on any atom is 0.255 e. The molecule has 5 rings (SSSR count). The van der Waals surface area contributed by atoms with E-state index in [4.69, 9.17) is 26.7 Å². The Hall–Kier alpha value is -3.98. The number of anilines is 3. The summed E-state index contributed by atoms with van der Waals surface area (Å²) in [5.74, 6) is 1.45. The van der Waals surface area contributed by atoms with Crippen LogP contribution in [0.15, 0.2) is 58.2 Å². The molecular formula is C25H25ClN8O. The number of nitrogen functional groups attached to an aromatic ring is 1. The maximum atomic E-state index is 6.55. The van der Waals surface area contributed by atoms with Gasteiger partial charge in [-0.3, -0.25) is 4.99 Å². The lowest BCUT2D eigenvalue weighted by Gasteiger charge is -2.36. The van der Waals surface area contributed by atoms with Crippen LogP contribution in [0.2, 0.25) is 5.02 Å². The molecule has 0 spiro atoms. The molecule has 10 heteroatoms. The second-order valence-corrected chi connectivity index (χ2v) is 8.71. The van der Waals surface area contributed by atoms with Crippen molar-refractivity contribution in [2.45, 2.75) is 39.4 Å². The molecule has 0 saturated heterocycles. The number of aromatic nitrogens is 4. The molecule has 0 aliphatic carbocycles. The first-order chi connectivity index (χ1) is 17.0. The van der Waals surface area contributed by atoms with Crippen molar-refractivity contribution in [1.82, 2.24) is 20.2 Å². The fraction of sp³-hybridized carbons (Fsp3) is 0.240. The molecule has 0 amide bonds. The van der Waals surface area contributed by atoms with Crippen molar-refractivity contribution in [3.05, 3.63) is 75.8 Å². The molecule has 0 radical (unpaired) electrons. The molecule has 0 saturated carbocycles. The Morgan fingerprint density at radius 3 is 2.69 bits per heavy atom. The van der Waals surface area contributed by atoms with Crippen LogP contribution in [0.3, 0.4) is 0 Å². The van der Waals surface area contributed by atoms with Crippen LogP contribution in [0.4, 0.5) is 17.3 Å². The molecule has 35 heavy (non-hydrogen) atoms. The molecule has 178 valence electrons. The summed E-state index contributed by atoms with van der Waals surface area (Å²) >= 11 is 6.55. The zero-order chi connectivity index (χ0) is 24.5. The van der Waals surface area contributed by atoms with Crippen molar-refractivity contribution >= 4 is 35.1 Å². The van der Waals surface area contributed by atoms with E-state index in [9.17, 15) is 0 Å². The normalized spacial score (nSPS) is 15.7. The summed E-state index contributed by atoms with van der Waals surface area (Å²) in [4.78, 5) is 15.9. The molecule has 3 N–H and O–H groups in total. The van der Waals surface area contributed by atoms with E-state index >= 15 is 0 Å². The van der Waals surface area contributed by atoms with Gasteiger partial charge in [0.25, 0.3) is 5.89 Å². The molecule has 2 aromatic heterocycles. The van der Waals surface area contributed by atoms with E-state index in [1.54, 1.807) is 6.92 Å². The van der Waals surface area contributed by atoms with Gasteiger partial charge in [-0.05, 0) is 37.1 Å². The van der Waals surface area contributed by atoms with E-state index in [0.717, 1.165) is 28.2 Å². The minimum atomic E-state index is -0.291. The molecule has 4 aromatic rings.